The van der Waals surface area contributed by atoms with Crippen molar-refractivity contribution >= 4 is 23.8 Å². The lowest BCUT2D eigenvalue weighted by molar-refractivity contribution is -0.156. The molecule has 2 aliphatic heterocycles. The Hall–Kier alpha value is -2.76. The SMILES string of the molecule is C=CCOC(=O)[C@H](CCC(=O)N1CCOC1[C@@H]1CC(=C)CN1)NC(=O)CC[C@H](N)C(=O)OC(C)(C)C. The molecule has 2 rings (SSSR count). The summed E-state index contributed by atoms with van der Waals surface area (Å²) >= 11 is 0. The maximum absolute atomic E-state index is 13.0. The minimum atomic E-state index is -1.04. The first-order valence-electron chi connectivity index (χ1n) is 12.3. The minimum absolute atomic E-state index is 0.0130. The number of nitrogens with two attached hydrogens (primary N) is 1. The van der Waals surface area contributed by atoms with Crippen LogP contribution in [0.4, 0.5) is 0 Å². The zero-order chi connectivity index (χ0) is 26.9. The Morgan fingerprint density at radius 2 is 1.97 bits per heavy atom. The Bertz CT molecular complexity index is 839. The van der Waals surface area contributed by atoms with Crippen LogP contribution in [0.25, 0.3) is 0 Å². The van der Waals surface area contributed by atoms with Gasteiger partial charge in [0.15, 0.2) is 0 Å². The molecule has 0 saturated carbocycles. The number of carbonyl (C=O) groups is 4. The number of amides is 2. The summed E-state index contributed by atoms with van der Waals surface area (Å²) in [6, 6.07) is -2.04. The molecule has 0 aromatic rings. The van der Waals surface area contributed by atoms with Crippen molar-refractivity contribution in [3.8, 4) is 0 Å². The van der Waals surface area contributed by atoms with Gasteiger partial charge in [0.1, 0.15) is 30.5 Å². The molecule has 0 bridgehead atoms. The molecule has 0 aliphatic carbocycles. The van der Waals surface area contributed by atoms with E-state index in [-0.39, 0.29) is 44.2 Å². The summed E-state index contributed by atoms with van der Waals surface area (Å²) in [4.78, 5) is 51.7. The molecule has 2 heterocycles. The van der Waals surface area contributed by atoms with E-state index < -0.39 is 41.8 Å². The van der Waals surface area contributed by atoms with Crippen molar-refractivity contribution in [2.24, 2.45) is 5.73 Å². The fraction of sp³-hybridized carbons (Fsp3) is 0.680. The van der Waals surface area contributed by atoms with Gasteiger partial charge < -0.3 is 35.5 Å². The predicted octanol–water partition coefficient (Wildman–Crippen LogP) is 0.533. The second kappa shape index (κ2) is 13.5. The third-order valence-electron chi connectivity index (χ3n) is 5.72. The van der Waals surface area contributed by atoms with Gasteiger partial charge in [-0.2, -0.15) is 0 Å². The quantitative estimate of drug-likeness (QED) is 0.253. The van der Waals surface area contributed by atoms with Gasteiger partial charge in [0, 0.05) is 25.9 Å². The third-order valence-corrected chi connectivity index (χ3v) is 5.72. The van der Waals surface area contributed by atoms with E-state index in [0.717, 1.165) is 12.0 Å². The molecule has 2 aliphatic rings. The highest BCUT2D eigenvalue weighted by atomic mass is 16.6. The zero-order valence-corrected chi connectivity index (χ0v) is 21.5. The van der Waals surface area contributed by atoms with Crippen LogP contribution in [-0.2, 0) is 33.4 Å². The second-order valence-electron chi connectivity index (χ2n) is 10.0. The van der Waals surface area contributed by atoms with E-state index in [1.54, 1.807) is 25.7 Å². The molecular formula is C25H40N4O7. The van der Waals surface area contributed by atoms with Crippen molar-refractivity contribution in [3.05, 3.63) is 24.8 Å². The molecule has 4 atom stereocenters. The van der Waals surface area contributed by atoms with E-state index in [9.17, 15) is 19.2 Å². The van der Waals surface area contributed by atoms with Gasteiger partial charge in [0.05, 0.1) is 12.6 Å². The molecule has 2 amide bonds. The first-order chi connectivity index (χ1) is 16.9. The second-order valence-corrected chi connectivity index (χ2v) is 10.0. The van der Waals surface area contributed by atoms with Crippen molar-refractivity contribution in [2.45, 2.75) is 82.8 Å². The topological polar surface area (TPSA) is 149 Å². The average molecular weight is 509 g/mol. The van der Waals surface area contributed by atoms with Crippen LogP contribution in [0.3, 0.4) is 0 Å². The van der Waals surface area contributed by atoms with E-state index in [1.807, 2.05) is 0 Å². The van der Waals surface area contributed by atoms with Crippen molar-refractivity contribution < 1.29 is 33.4 Å². The Morgan fingerprint density at radius 3 is 2.58 bits per heavy atom. The van der Waals surface area contributed by atoms with Gasteiger partial charge in [-0.1, -0.05) is 24.8 Å². The molecule has 11 heteroatoms. The first kappa shape index (κ1) is 29.5. The number of carbonyl (C=O) groups excluding carboxylic acids is 4. The molecule has 36 heavy (non-hydrogen) atoms. The molecule has 0 radical (unpaired) electrons. The van der Waals surface area contributed by atoms with E-state index in [0.29, 0.717) is 19.7 Å². The molecule has 202 valence electrons. The van der Waals surface area contributed by atoms with Gasteiger partial charge in [-0.25, -0.2) is 4.79 Å². The maximum Gasteiger partial charge on any atom is 0.328 e. The van der Waals surface area contributed by atoms with Gasteiger partial charge in [-0.05, 0) is 40.0 Å². The Labute approximate surface area is 212 Å². The molecular weight excluding hydrogens is 468 g/mol. The van der Waals surface area contributed by atoms with Crippen molar-refractivity contribution in [1.82, 2.24) is 15.5 Å². The largest absolute Gasteiger partial charge is 0.460 e. The van der Waals surface area contributed by atoms with Crippen LogP contribution >= 0.6 is 0 Å². The summed E-state index contributed by atoms with van der Waals surface area (Å²) in [6.07, 6.45) is 1.75. The summed E-state index contributed by atoms with van der Waals surface area (Å²) in [5.41, 5.74) is 6.21. The molecule has 2 saturated heterocycles. The van der Waals surface area contributed by atoms with Gasteiger partial charge in [-0.3, -0.25) is 14.4 Å². The lowest BCUT2D eigenvalue weighted by Gasteiger charge is -2.28. The summed E-state index contributed by atoms with van der Waals surface area (Å²) in [6.45, 7) is 14.2. The van der Waals surface area contributed by atoms with Crippen molar-refractivity contribution in [3.63, 3.8) is 0 Å². The van der Waals surface area contributed by atoms with E-state index in [1.165, 1.54) is 6.08 Å². The highest BCUT2D eigenvalue weighted by molar-refractivity contribution is 5.86. The third kappa shape index (κ3) is 9.36. The first-order valence-corrected chi connectivity index (χ1v) is 12.3. The van der Waals surface area contributed by atoms with Crippen LogP contribution in [-0.4, -0.2) is 84.9 Å². The van der Waals surface area contributed by atoms with Crippen LogP contribution in [0.2, 0.25) is 0 Å². The minimum Gasteiger partial charge on any atom is -0.460 e. The number of hydrogen-bond donors (Lipinski definition) is 3. The molecule has 0 spiro atoms. The van der Waals surface area contributed by atoms with Crippen molar-refractivity contribution in [2.75, 3.05) is 26.3 Å². The maximum atomic E-state index is 13.0. The molecule has 1 unspecified atom stereocenters. The Kier molecular flexibility index (Phi) is 11.1. The van der Waals surface area contributed by atoms with Crippen LogP contribution in [0.1, 0.15) is 52.9 Å². The number of nitrogens with one attached hydrogen (secondary N) is 2. The lowest BCUT2D eigenvalue weighted by atomic mass is 10.1. The van der Waals surface area contributed by atoms with Gasteiger partial charge >= 0.3 is 11.9 Å². The normalized spacial score (nSPS) is 21.6. The van der Waals surface area contributed by atoms with Gasteiger partial charge in [0.2, 0.25) is 11.8 Å². The molecule has 4 N–H and O–H groups in total. The zero-order valence-electron chi connectivity index (χ0n) is 21.5. The fourth-order valence-corrected chi connectivity index (χ4v) is 3.97. The lowest BCUT2D eigenvalue weighted by Crippen LogP contribution is -2.48. The number of ether oxygens (including phenoxy) is 3. The van der Waals surface area contributed by atoms with E-state index in [2.05, 4.69) is 23.8 Å². The Balaban J connectivity index is 1.91. The number of esters is 2. The van der Waals surface area contributed by atoms with E-state index in [4.69, 9.17) is 19.9 Å². The van der Waals surface area contributed by atoms with Crippen molar-refractivity contribution in [1.29, 1.82) is 0 Å². The number of hydrogen-bond acceptors (Lipinski definition) is 9. The van der Waals surface area contributed by atoms with Gasteiger partial charge in [-0.15, -0.1) is 0 Å². The van der Waals surface area contributed by atoms with Crippen LogP contribution in [0, 0.1) is 0 Å². The molecule has 0 aromatic heterocycles. The fourth-order valence-electron chi connectivity index (χ4n) is 3.97. The highest BCUT2D eigenvalue weighted by Crippen LogP contribution is 2.23. The summed E-state index contributed by atoms with van der Waals surface area (Å²) in [5, 5.41) is 5.91. The summed E-state index contributed by atoms with van der Waals surface area (Å²) in [7, 11) is 0. The highest BCUT2D eigenvalue weighted by Gasteiger charge is 2.38. The Morgan fingerprint density at radius 1 is 1.25 bits per heavy atom. The van der Waals surface area contributed by atoms with Gasteiger partial charge in [0.25, 0.3) is 0 Å². The smallest absolute Gasteiger partial charge is 0.328 e. The molecule has 11 nitrogen and oxygen atoms in total. The van der Waals surface area contributed by atoms with Crippen LogP contribution in [0.5, 0.6) is 0 Å². The van der Waals surface area contributed by atoms with E-state index >= 15 is 0 Å². The average Bonchev–Trinajstić information content (AvgIpc) is 3.46. The molecule has 0 aromatic carbocycles. The number of nitrogens with zero attached hydrogens (tertiary/aromatic N) is 1. The predicted molar refractivity (Wildman–Crippen MR) is 132 cm³/mol. The van der Waals surface area contributed by atoms with Crippen LogP contribution in [0.15, 0.2) is 24.8 Å². The standard InChI is InChI=1S/C25H40N4O7/c1-6-12-35-24(33)18(28-20(30)9-7-17(26)23(32)36-25(3,4)5)8-10-21(31)29-11-13-34-22(29)19-14-16(2)15-27-19/h6,17-19,22,27H,1-2,7-15,26H2,3-5H3,(H,28,30)/t17-,18-,19-,22?/m0/s1. The summed E-state index contributed by atoms with van der Waals surface area (Å²) in [5.74, 6) is -1.95. The number of rotatable bonds is 12. The monoisotopic (exact) mass is 508 g/mol. The molecule has 2 fully saturated rings. The summed E-state index contributed by atoms with van der Waals surface area (Å²) < 4.78 is 16.1. The van der Waals surface area contributed by atoms with Crippen LogP contribution < -0.4 is 16.4 Å².